The van der Waals surface area contributed by atoms with Crippen LogP contribution in [0.25, 0.3) is 0 Å². The summed E-state index contributed by atoms with van der Waals surface area (Å²) in [6.07, 6.45) is 2.44. The molecular weight excluding hydrogens is 312 g/mol. The SMILES string of the molecule is O=[N+]([O-])c1cccc(CNCCc2ccco2)c1Br. The Kier molecular flexibility index (Phi) is 4.70. The van der Waals surface area contributed by atoms with Crippen LogP contribution in [0.1, 0.15) is 11.3 Å². The van der Waals surface area contributed by atoms with Crippen molar-refractivity contribution in [2.24, 2.45) is 0 Å². The van der Waals surface area contributed by atoms with Gasteiger partial charge in [0.15, 0.2) is 0 Å². The Morgan fingerprint density at radius 1 is 1.32 bits per heavy atom. The molecule has 0 amide bonds. The Balaban J connectivity index is 1.89. The average Bonchev–Trinajstić information content (AvgIpc) is 2.89. The van der Waals surface area contributed by atoms with Crippen molar-refractivity contribution in [3.05, 3.63) is 62.5 Å². The number of nitrogens with zero attached hydrogens (tertiary/aromatic N) is 1. The number of halogens is 1. The van der Waals surface area contributed by atoms with Crippen LogP contribution in [-0.2, 0) is 13.0 Å². The molecule has 0 atom stereocenters. The van der Waals surface area contributed by atoms with Crippen LogP contribution in [0.4, 0.5) is 5.69 Å². The third kappa shape index (κ3) is 3.65. The molecule has 0 saturated carbocycles. The number of furan rings is 1. The van der Waals surface area contributed by atoms with E-state index in [1.54, 1.807) is 12.3 Å². The van der Waals surface area contributed by atoms with E-state index in [0.717, 1.165) is 24.3 Å². The first-order valence-corrected chi connectivity index (χ1v) is 6.62. The van der Waals surface area contributed by atoms with Crippen LogP contribution < -0.4 is 5.32 Å². The van der Waals surface area contributed by atoms with Crippen molar-refractivity contribution in [3.8, 4) is 0 Å². The quantitative estimate of drug-likeness (QED) is 0.503. The lowest BCUT2D eigenvalue weighted by Crippen LogP contribution is -2.16. The van der Waals surface area contributed by atoms with E-state index >= 15 is 0 Å². The van der Waals surface area contributed by atoms with Crippen molar-refractivity contribution in [1.29, 1.82) is 0 Å². The van der Waals surface area contributed by atoms with Crippen LogP contribution in [0.5, 0.6) is 0 Å². The van der Waals surface area contributed by atoms with Crippen molar-refractivity contribution in [1.82, 2.24) is 5.32 Å². The molecule has 6 heteroatoms. The minimum Gasteiger partial charge on any atom is -0.469 e. The van der Waals surface area contributed by atoms with E-state index < -0.39 is 4.92 Å². The molecule has 2 rings (SSSR count). The van der Waals surface area contributed by atoms with Crippen LogP contribution in [-0.4, -0.2) is 11.5 Å². The maximum Gasteiger partial charge on any atom is 0.283 e. The second-order valence-electron chi connectivity index (χ2n) is 4.01. The Morgan fingerprint density at radius 2 is 2.16 bits per heavy atom. The van der Waals surface area contributed by atoms with Crippen LogP contribution in [0.15, 0.2) is 45.5 Å². The lowest BCUT2D eigenvalue weighted by molar-refractivity contribution is -0.385. The van der Waals surface area contributed by atoms with E-state index in [0.29, 0.717) is 11.0 Å². The summed E-state index contributed by atoms with van der Waals surface area (Å²) in [4.78, 5) is 10.4. The summed E-state index contributed by atoms with van der Waals surface area (Å²) in [5, 5.41) is 14.0. The molecule has 0 spiro atoms. The first kappa shape index (κ1) is 13.8. The van der Waals surface area contributed by atoms with Crippen LogP contribution in [0.2, 0.25) is 0 Å². The van der Waals surface area contributed by atoms with Gasteiger partial charge in [-0.2, -0.15) is 0 Å². The van der Waals surface area contributed by atoms with E-state index in [1.165, 1.54) is 6.07 Å². The van der Waals surface area contributed by atoms with E-state index in [1.807, 2.05) is 18.2 Å². The molecule has 2 aromatic rings. The molecule has 0 bridgehead atoms. The van der Waals surface area contributed by atoms with E-state index in [-0.39, 0.29) is 5.69 Å². The monoisotopic (exact) mass is 324 g/mol. The molecule has 0 unspecified atom stereocenters. The van der Waals surface area contributed by atoms with Gasteiger partial charge >= 0.3 is 0 Å². The van der Waals surface area contributed by atoms with Crippen LogP contribution in [0, 0.1) is 10.1 Å². The number of nitro benzene ring substituents is 1. The van der Waals surface area contributed by atoms with Gasteiger partial charge in [0, 0.05) is 25.6 Å². The summed E-state index contributed by atoms with van der Waals surface area (Å²) in [6, 6.07) is 8.80. The van der Waals surface area contributed by atoms with Gasteiger partial charge in [-0.25, -0.2) is 0 Å². The summed E-state index contributed by atoms with van der Waals surface area (Å²) in [6.45, 7) is 1.33. The van der Waals surface area contributed by atoms with Gasteiger partial charge in [-0.3, -0.25) is 10.1 Å². The van der Waals surface area contributed by atoms with Gasteiger partial charge < -0.3 is 9.73 Å². The van der Waals surface area contributed by atoms with Gasteiger partial charge in [-0.1, -0.05) is 12.1 Å². The molecule has 1 N–H and O–H groups in total. The molecule has 1 heterocycles. The van der Waals surface area contributed by atoms with Crippen molar-refractivity contribution in [2.75, 3.05) is 6.54 Å². The zero-order valence-electron chi connectivity index (χ0n) is 10.1. The van der Waals surface area contributed by atoms with E-state index in [2.05, 4.69) is 21.2 Å². The lowest BCUT2D eigenvalue weighted by Gasteiger charge is -2.06. The first-order valence-electron chi connectivity index (χ1n) is 5.83. The molecule has 0 saturated heterocycles. The molecule has 0 aliphatic rings. The van der Waals surface area contributed by atoms with Crippen molar-refractivity contribution in [3.63, 3.8) is 0 Å². The molecule has 1 aromatic carbocycles. The van der Waals surface area contributed by atoms with Crippen molar-refractivity contribution >= 4 is 21.6 Å². The third-order valence-electron chi connectivity index (χ3n) is 2.70. The lowest BCUT2D eigenvalue weighted by atomic mass is 10.2. The summed E-state index contributed by atoms with van der Waals surface area (Å²) < 4.78 is 5.75. The third-order valence-corrected chi connectivity index (χ3v) is 3.61. The second kappa shape index (κ2) is 6.49. The largest absolute Gasteiger partial charge is 0.469 e. The minimum absolute atomic E-state index is 0.0883. The number of benzene rings is 1. The second-order valence-corrected chi connectivity index (χ2v) is 4.81. The number of nitro groups is 1. The van der Waals surface area contributed by atoms with Gasteiger partial charge in [-0.15, -0.1) is 0 Å². The highest BCUT2D eigenvalue weighted by Gasteiger charge is 2.14. The van der Waals surface area contributed by atoms with E-state index in [4.69, 9.17) is 4.42 Å². The zero-order valence-corrected chi connectivity index (χ0v) is 11.7. The maximum atomic E-state index is 10.8. The fraction of sp³-hybridized carbons (Fsp3) is 0.231. The van der Waals surface area contributed by atoms with Gasteiger partial charge in [0.05, 0.1) is 15.7 Å². The molecule has 1 aromatic heterocycles. The molecule has 0 radical (unpaired) electrons. The number of hydrogen-bond donors (Lipinski definition) is 1. The molecule has 100 valence electrons. The number of hydrogen-bond acceptors (Lipinski definition) is 4. The van der Waals surface area contributed by atoms with E-state index in [9.17, 15) is 10.1 Å². The minimum atomic E-state index is -0.392. The Labute approximate surface area is 118 Å². The predicted octanol–water partition coefficient (Wildman–Crippen LogP) is 3.28. The zero-order chi connectivity index (χ0) is 13.7. The predicted molar refractivity (Wildman–Crippen MR) is 74.9 cm³/mol. The van der Waals surface area contributed by atoms with Crippen LogP contribution >= 0.6 is 15.9 Å². The Hall–Kier alpha value is -1.66. The van der Waals surface area contributed by atoms with Gasteiger partial charge in [-0.05, 0) is 33.6 Å². The molecule has 19 heavy (non-hydrogen) atoms. The van der Waals surface area contributed by atoms with Crippen LogP contribution in [0.3, 0.4) is 0 Å². The molecule has 0 aliphatic carbocycles. The highest BCUT2D eigenvalue weighted by molar-refractivity contribution is 9.10. The summed E-state index contributed by atoms with van der Waals surface area (Å²) in [5.41, 5.74) is 0.957. The highest BCUT2D eigenvalue weighted by atomic mass is 79.9. The Morgan fingerprint density at radius 3 is 2.84 bits per heavy atom. The molecular formula is C13H13BrN2O3. The Bertz CT molecular complexity index is 555. The summed E-state index contributed by atoms with van der Waals surface area (Å²) >= 11 is 3.27. The number of nitrogens with one attached hydrogen (secondary N) is 1. The van der Waals surface area contributed by atoms with Crippen molar-refractivity contribution < 1.29 is 9.34 Å². The maximum absolute atomic E-state index is 10.8. The molecule has 5 nitrogen and oxygen atoms in total. The van der Waals surface area contributed by atoms with Gasteiger partial charge in [0.25, 0.3) is 5.69 Å². The van der Waals surface area contributed by atoms with Gasteiger partial charge in [0.2, 0.25) is 0 Å². The summed E-state index contributed by atoms with van der Waals surface area (Å²) in [5.74, 6) is 0.922. The smallest absolute Gasteiger partial charge is 0.283 e. The van der Waals surface area contributed by atoms with Crippen molar-refractivity contribution in [2.45, 2.75) is 13.0 Å². The standard InChI is InChI=1S/C13H13BrN2O3/c14-13-10(3-1-5-12(13)16(17)18)9-15-7-6-11-4-2-8-19-11/h1-5,8,15H,6-7,9H2. The topological polar surface area (TPSA) is 68.3 Å². The highest BCUT2D eigenvalue weighted by Crippen LogP contribution is 2.28. The number of rotatable bonds is 6. The fourth-order valence-electron chi connectivity index (χ4n) is 1.73. The fourth-order valence-corrected chi connectivity index (χ4v) is 2.28. The van der Waals surface area contributed by atoms with Gasteiger partial charge in [0.1, 0.15) is 5.76 Å². The molecule has 0 fully saturated rings. The normalized spacial score (nSPS) is 10.6. The summed E-state index contributed by atoms with van der Waals surface area (Å²) in [7, 11) is 0. The molecule has 0 aliphatic heterocycles. The first-order chi connectivity index (χ1) is 9.18. The average molecular weight is 325 g/mol.